The highest BCUT2D eigenvalue weighted by Crippen LogP contribution is 2.29. The van der Waals surface area contributed by atoms with Crippen molar-refractivity contribution in [2.45, 2.75) is 0 Å². The van der Waals surface area contributed by atoms with Crippen LogP contribution in [-0.4, -0.2) is 23.2 Å². The molecule has 0 amide bonds. The number of halogens is 1. The van der Waals surface area contributed by atoms with E-state index < -0.39 is 0 Å². The zero-order valence-corrected chi connectivity index (χ0v) is 10.4. The van der Waals surface area contributed by atoms with Gasteiger partial charge in [-0.05, 0) is 12.1 Å². The van der Waals surface area contributed by atoms with E-state index >= 15 is 0 Å². The van der Waals surface area contributed by atoms with Crippen LogP contribution in [0, 0.1) is 0 Å². The molecule has 0 saturated heterocycles. The number of hydrogen-bond acceptors (Lipinski definition) is 4. The summed E-state index contributed by atoms with van der Waals surface area (Å²) in [5, 5.41) is 0.821. The summed E-state index contributed by atoms with van der Waals surface area (Å²) in [4.78, 5) is 15.7. The van der Waals surface area contributed by atoms with Crippen molar-refractivity contribution in [3.63, 3.8) is 0 Å². The second kappa shape index (κ2) is 4.28. The normalized spacial score (nSPS) is 10.5. The first kappa shape index (κ1) is 10.6. The van der Waals surface area contributed by atoms with Crippen molar-refractivity contribution < 1.29 is 9.53 Å². The highest BCUT2D eigenvalue weighted by molar-refractivity contribution is 9.09. The minimum atomic E-state index is -0.00162. The predicted octanol–water partition coefficient (Wildman–Crippen LogP) is 2.88. The van der Waals surface area contributed by atoms with Crippen LogP contribution in [0.25, 0.3) is 10.2 Å². The third-order valence-electron chi connectivity index (χ3n) is 1.96. The van der Waals surface area contributed by atoms with Gasteiger partial charge < -0.3 is 4.74 Å². The lowest BCUT2D eigenvalue weighted by Crippen LogP contribution is -1.98. The number of para-hydroxylation sites is 1. The van der Waals surface area contributed by atoms with Gasteiger partial charge in [0.25, 0.3) is 0 Å². The number of benzene rings is 1. The van der Waals surface area contributed by atoms with Crippen LogP contribution in [0.2, 0.25) is 0 Å². The smallest absolute Gasteiger partial charge is 0.201 e. The van der Waals surface area contributed by atoms with Crippen LogP contribution < -0.4 is 4.74 Å². The van der Waals surface area contributed by atoms with Crippen LogP contribution in [0.4, 0.5) is 0 Å². The SMILES string of the molecule is COc1cccc2sc(C(=O)CBr)nc12. The zero-order valence-electron chi connectivity index (χ0n) is 7.99. The maximum atomic E-state index is 11.4. The van der Waals surface area contributed by atoms with E-state index in [0.29, 0.717) is 16.1 Å². The second-order valence-corrected chi connectivity index (χ2v) is 4.47. The summed E-state index contributed by atoms with van der Waals surface area (Å²) in [5.41, 5.74) is 0.759. The molecule has 0 atom stereocenters. The number of ether oxygens (including phenoxy) is 1. The van der Waals surface area contributed by atoms with Gasteiger partial charge in [-0.15, -0.1) is 11.3 Å². The maximum absolute atomic E-state index is 11.4. The fourth-order valence-corrected chi connectivity index (χ4v) is 2.64. The standard InChI is InChI=1S/C10H8BrNO2S/c1-14-7-3-2-4-8-9(7)12-10(15-8)6(13)5-11/h2-4H,5H2,1H3. The average molecular weight is 286 g/mol. The van der Waals surface area contributed by atoms with Crippen LogP contribution >= 0.6 is 27.3 Å². The third-order valence-corrected chi connectivity index (χ3v) is 3.53. The number of aromatic nitrogens is 1. The van der Waals surface area contributed by atoms with Gasteiger partial charge in [0.2, 0.25) is 5.78 Å². The molecule has 0 unspecified atom stereocenters. The van der Waals surface area contributed by atoms with E-state index in [1.807, 2.05) is 18.2 Å². The van der Waals surface area contributed by atoms with Gasteiger partial charge in [-0.1, -0.05) is 22.0 Å². The lowest BCUT2D eigenvalue weighted by molar-refractivity contribution is 0.102. The molecule has 1 aromatic carbocycles. The Morgan fingerprint density at radius 2 is 2.40 bits per heavy atom. The lowest BCUT2D eigenvalue weighted by Gasteiger charge is -1.97. The summed E-state index contributed by atoms with van der Waals surface area (Å²) in [6.45, 7) is 0. The molecule has 0 saturated carbocycles. The molecule has 0 N–H and O–H groups in total. The molecular formula is C10H8BrNO2S. The van der Waals surface area contributed by atoms with Crippen molar-refractivity contribution in [1.29, 1.82) is 0 Å². The molecular weight excluding hydrogens is 278 g/mol. The van der Waals surface area contributed by atoms with Gasteiger partial charge in [0.1, 0.15) is 11.3 Å². The fourth-order valence-electron chi connectivity index (χ4n) is 1.26. The van der Waals surface area contributed by atoms with Crippen LogP contribution in [-0.2, 0) is 0 Å². The number of rotatable bonds is 3. The first-order valence-corrected chi connectivity index (χ1v) is 6.22. The van der Waals surface area contributed by atoms with Gasteiger partial charge >= 0.3 is 0 Å². The monoisotopic (exact) mass is 285 g/mol. The van der Waals surface area contributed by atoms with Gasteiger partial charge in [-0.3, -0.25) is 4.79 Å². The predicted molar refractivity (Wildman–Crippen MR) is 64.3 cm³/mol. The lowest BCUT2D eigenvalue weighted by atomic mass is 10.3. The molecule has 0 bridgehead atoms. The van der Waals surface area contributed by atoms with Gasteiger partial charge in [-0.25, -0.2) is 4.98 Å². The van der Waals surface area contributed by atoms with Gasteiger partial charge in [0, 0.05) is 0 Å². The van der Waals surface area contributed by atoms with Crippen molar-refractivity contribution in [3.05, 3.63) is 23.2 Å². The molecule has 3 nitrogen and oxygen atoms in total. The third kappa shape index (κ3) is 1.89. The number of hydrogen-bond donors (Lipinski definition) is 0. The van der Waals surface area contributed by atoms with E-state index in [0.717, 1.165) is 10.2 Å². The Labute approximate surface area is 99.2 Å². The Hall–Kier alpha value is -0.940. The molecule has 5 heteroatoms. The highest BCUT2D eigenvalue weighted by atomic mass is 79.9. The van der Waals surface area contributed by atoms with E-state index in [-0.39, 0.29) is 5.78 Å². The fraction of sp³-hybridized carbons (Fsp3) is 0.200. The number of Topliss-reactive ketones (excluding diaryl/α,β-unsaturated/α-hetero) is 1. The van der Waals surface area contributed by atoms with Crippen molar-refractivity contribution in [3.8, 4) is 5.75 Å². The molecule has 1 aromatic heterocycles. The van der Waals surface area contributed by atoms with Crippen LogP contribution in [0.1, 0.15) is 9.80 Å². The van der Waals surface area contributed by atoms with Gasteiger partial charge in [0.05, 0.1) is 17.1 Å². The Kier molecular flexibility index (Phi) is 3.02. The quantitative estimate of drug-likeness (QED) is 0.643. The molecule has 0 fully saturated rings. The Balaban J connectivity index is 2.60. The van der Waals surface area contributed by atoms with Crippen LogP contribution in [0.3, 0.4) is 0 Å². The van der Waals surface area contributed by atoms with E-state index in [2.05, 4.69) is 20.9 Å². The number of ketones is 1. The largest absolute Gasteiger partial charge is 0.494 e. The number of carbonyl (C=O) groups is 1. The van der Waals surface area contributed by atoms with Crippen molar-refractivity contribution in [2.75, 3.05) is 12.4 Å². The number of thiazole rings is 1. The number of alkyl halides is 1. The molecule has 0 spiro atoms. The second-order valence-electron chi connectivity index (χ2n) is 2.88. The summed E-state index contributed by atoms with van der Waals surface area (Å²) >= 11 is 4.52. The molecule has 78 valence electrons. The van der Waals surface area contributed by atoms with Gasteiger partial charge in [0.15, 0.2) is 5.01 Å². The molecule has 0 aliphatic carbocycles. The first-order valence-electron chi connectivity index (χ1n) is 4.29. The zero-order chi connectivity index (χ0) is 10.8. The van der Waals surface area contributed by atoms with E-state index in [4.69, 9.17) is 4.74 Å². The summed E-state index contributed by atoms with van der Waals surface area (Å²) in [6, 6.07) is 5.66. The Morgan fingerprint density at radius 1 is 1.60 bits per heavy atom. The van der Waals surface area contributed by atoms with Crippen molar-refractivity contribution in [2.24, 2.45) is 0 Å². The minimum Gasteiger partial charge on any atom is -0.494 e. The summed E-state index contributed by atoms with van der Waals surface area (Å²) in [5.74, 6) is 0.704. The van der Waals surface area contributed by atoms with E-state index in [9.17, 15) is 4.79 Å². The number of methoxy groups -OCH3 is 1. The van der Waals surface area contributed by atoms with Crippen LogP contribution in [0.15, 0.2) is 18.2 Å². The first-order chi connectivity index (χ1) is 7.26. The molecule has 0 aliphatic rings. The summed E-state index contributed by atoms with van der Waals surface area (Å²) in [6.07, 6.45) is 0. The molecule has 2 rings (SSSR count). The topological polar surface area (TPSA) is 39.2 Å². The summed E-state index contributed by atoms with van der Waals surface area (Å²) in [7, 11) is 1.60. The average Bonchev–Trinajstić information content (AvgIpc) is 2.71. The Morgan fingerprint density at radius 3 is 3.07 bits per heavy atom. The number of fused-ring (bicyclic) bond motifs is 1. The Bertz CT molecular complexity index is 509. The highest BCUT2D eigenvalue weighted by Gasteiger charge is 2.13. The molecule has 1 heterocycles. The van der Waals surface area contributed by atoms with Crippen molar-refractivity contribution >= 4 is 43.3 Å². The maximum Gasteiger partial charge on any atom is 0.201 e. The molecule has 2 aromatic rings. The van der Waals surface area contributed by atoms with Crippen LogP contribution in [0.5, 0.6) is 5.75 Å². The molecule has 0 radical (unpaired) electrons. The minimum absolute atomic E-state index is 0.00162. The molecule has 0 aliphatic heterocycles. The van der Waals surface area contributed by atoms with Gasteiger partial charge in [-0.2, -0.15) is 0 Å². The molecule has 15 heavy (non-hydrogen) atoms. The summed E-state index contributed by atoms with van der Waals surface area (Å²) < 4.78 is 6.15. The number of nitrogens with zero attached hydrogens (tertiary/aromatic N) is 1. The van der Waals surface area contributed by atoms with E-state index in [1.165, 1.54) is 11.3 Å². The number of carbonyl (C=O) groups excluding carboxylic acids is 1. The van der Waals surface area contributed by atoms with E-state index in [1.54, 1.807) is 7.11 Å². The van der Waals surface area contributed by atoms with Crippen molar-refractivity contribution in [1.82, 2.24) is 4.98 Å².